The Bertz CT molecular complexity index is 41.4. The van der Waals surface area contributed by atoms with Crippen molar-refractivity contribution < 1.29 is 4.74 Å². The van der Waals surface area contributed by atoms with Crippen LogP contribution in [0.3, 0.4) is 0 Å². The van der Waals surface area contributed by atoms with Gasteiger partial charge in [0.05, 0.1) is 0 Å². The molecule has 0 saturated carbocycles. The molecule has 0 N–H and O–H groups in total. The Morgan fingerprint density at radius 1 is 1.50 bits per heavy atom. The van der Waals surface area contributed by atoms with Crippen molar-refractivity contribution in [3.05, 3.63) is 6.73 Å². The van der Waals surface area contributed by atoms with Crippen LogP contribution in [-0.4, -0.2) is 25.6 Å². The number of ether oxygens (including phenoxy) is 1. The van der Waals surface area contributed by atoms with E-state index in [2.05, 4.69) is 0 Å². The molecule has 0 spiro atoms. The predicted molar refractivity (Wildman–Crippen MR) is 29.6 cm³/mol. The molecule has 0 aromatic carbocycles. The van der Waals surface area contributed by atoms with Crippen LogP contribution in [0.1, 0.15) is 6.92 Å². The molecule has 0 saturated heterocycles. The molecule has 0 aromatic rings. The summed E-state index contributed by atoms with van der Waals surface area (Å²) in [6, 6.07) is 0. The first-order valence-electron chi connectivity index (χ1n) is 2.38. The van der Waals surface area contributed by atoms with Gasteiger partial charge in [-0.25, -0.2) is 0 Å². The van der Waals surface area contributed by atoms with Gasteiger partial charge in [-0.2, -0.15) is 6.73 Å². The summed E-state index contributed by atoms with van der Waals surface area (Å²) < 4.78 is 4.90. The first-order valence-corrected chi connectivity index (χ1v) is 2.38. The molecule has 3 heteroatoms. The number of nitrogens with zero attached hydrogens (tertiary/aromatic N) is 1. The third-order valence-corrected chi connectivity index (χ3v) is 0.452. The van der Waals surface area contributed by atoms with E-state index in [0.29, 0.717) is 0 Å². The molecular formula is C5H12NORf-. The molecule has 0 aliphatic carbocycles. The van der Waals surface area contributed by atoms with E-state index in [1.54, 1.807) is 6.73 Å². The summed E-state index contributed by atoms with van der Waals surface area (Å²) in [6.45, 7) is 4.39. The smallest absolute Gasteiger partial charge is 0.00930 e. The molecule has 0 bridgehead atoms. The Hall–Kier alpha value is -1.08. The van der Waals surface area contributed by atoms with Crippen molar-refractivity contribution in [1.82, 2.24) is 4.90 Å². The van der Waals surface area contributed by atoms with Gasteiger partial charge in [0, 0.05) is 6.61 Å². The zero-order valence-corrected chi connectivity index (χ0v) is 12.2. The van der Waals surface area contributed by atoms with Crippen LogP contribution in [0, 0.1) is 6.73 Å². The van der Waals surface area contributed by atoms with E-state index in [9.17, 15) is 0 Å². The van der Waals surface area contributed by atoms with E-state index < -0.39 is 0 Å². The third-order valence-electron chi connectivity index (χ3n) is 0.452. The Balaban J connectivity index is 0. The Morgan fingerprint density at radius 3 is 2.12 bits per heavy atom. The molecule has 0 atom stereocenters. The summed E-state index contributed by atoms with van der Waals surface area (Å²) in [5, 5.41) is 0. The van der Waals surface area contributed by atoms with Crippen LogP contribution in [0.15, 0.2) is 0 Å². The molecule has 0 radical (unpaired) electrons. The number of hydrogen-bond acceptors (Lipinski definition) is 2. The second-order valence-electron chi connectivity index (χ2n) is 1.52. The summed E-state index contributed by atoms with van der Waals surface area (Å²) in [7, 11) is 3.85. The molecule has 0 aromatic heterocycles. The summed E-state index contributed by atoms with van der Waals surface area (Å²) in [5.74, 6) is 0. The van der Waals surface area contributed by atoms with E-state index >= 15 is 0 Å². The third kappa shape index (κ3) is 8.87. The largest absolute Gasteiger partial charge is 0.537 e. The predicted octanol–water partition coefficient (Wildman–Crippen LogP) is 0.704. The normalized spacial score (nSPS) is 9.00. The minimum Gasteiger partial charge on any atom is -0.537 e. The van der Waals surface area contributed by atoms with Gasteiger partial charge in [0.15, 0.2) is 0 Å². The van der Waals surface area contributed by atoms with Crippen molar-refractivity contribution >= 4 is 0 Å². The van der Waals surface area contributed by atoms with Gasteiger partial charge in [0.2, 0.25) is 0 Å². The maximum Gasteiger partial charge on any atom is 0.00930 e. The van der Waals surface area contributed by atoms with Crippen molar-refractivity contribution in [2.24, 2.45) is 0 Å². The number of hydrogen-bond donors (Lipinski definition) is 0. The molecule has 0 heterocycles. The van der Waals surface area contributed by atoms with Crippen LogP contribution in [0.5, 0.6) is 0 Å². The van der Waals surface area contributed by atoms with E-state index in [1.165, 1.54) is 0 Å². The van der Waals surface area contributed by atoms with Gasteiger partial charge in [0.25, 0.3) is 0 Å². The fraction of sp³-hybridized carbons (Fsp3) is 0.800. The quantitative estimate of drug-likeness (QED) is 0.680. The molecule has 0 aliphatic rings. The van der Waals surface area contributed by atoms with Gasteiger partial charge < -0.3 is 9.64 Å². The van der Waals surface area contributed by atoms with Gasteiger partial charge in [-0.05, 0) is 21.0 Å². The molecule has 0 amide bonds. The first kappa shape index (κ1) is 10.0. The minimum absolute atomic E-state index is 0. The molecular weight excluding hydrogens is 357 g/mol. The molecule has 8 heavy (non-hydrogen) atoms. The molecule has 0 rings (SSSR count). The van der Waals surface area contributed by atoms with Gasteiger partial charge in [-0.15, -0.1) is 0 Å². The maximum atomic E-state index is 4.90. The van der Waals surface area contributed by atoms with Crippen LogP contribution >= 0.6 is 0 Å². The van der Waals surface area contributed by atoms with Crippen LogP contribution in [0.25, 0.3) is 0 Å². The van der Waals surface area contributed by atoms with E-state index in [1.807, 2.05) is 25.9 Å². The summed E-state index contributed by atoms with van der Waals surface area (Å²) in [5.41, 5.74) is 0. The molecule has 2 nitrogen and oxygen atoms in total. The van der Waals surface area contributed by atoms with Crippen LogP contribution in [0.4, 0.5) is 0 Å². The first-order chi connectivity index (χ1) is 3.27. The van der Waals surface area contributed by atoms with Crippen molar-refractivity contribution in [1.29, 1.82) is 0 Å². The molecule has 46 valence electrons. The second kappa shape index (κ2) is 5.92. The maximum absolute atomic E-state index is 4.90. The topological polar surface area (TPSA) is 12.5 Å². The zero-order chi connectivity index (χ0) is 5.70. The second-order valence-corrected chi connectivity index (χ2v) is 1.52. The molecule has 0 fully saturated rings. The molecule has 0 unspecified atom stereocenters. The monoisotopic (exact) mass is 369 g/mol. The summed E-state index contributed by atoms with van der Waals surface area (Å²) >= 11 is 0. The Kier molecular flexibility index (Phi) is 7.41. The van der Waals surface area contributed by atoms with Crippen LogP contribution < -0.4 is 0 Å². The Labute approximate surface area is 45.1 Å². The van der Waals surface area contributed by atoms with Gasteiger partial charge >= 0.3 is 0 Å². The average Bonchev–Trinajstić information content (AvgIpc) is 1.61. The van der Waals surface area contributed by atoms with Crippen molar-refractivity contribution in [3.8, 4) is 0 Å². The SMILES string of the molecule is CCO[CH-]N(C)C.[Rf]. The van der Waals surface area contributed by atoms with Crippen LogP contribution in [0.2, 0.25) is 0 Å². The van der Waals surface area contributed by atoms with Crippen molar-refractivity contribution in [3.63, 3.8) is 0 Å². The molecule has 0 aliphatic heterocycles. The zero-order valence-electron chi connectivity index (χ0n) is 5.85. The fourth-order valence-electron chi connectivity index (χ4n) is 0.224. The minimum atomic E-state index is 0. The number of rotatable bonds is 3. The van der Waals surface area contributed by atoms with Crippen molar-refractivity contribution in [2.45, 2.75) is 6.92 Å². The van der Waals surface area contributed by atoms with E-state index in [4.69, 9.17) is 4.74 Å². The standard InChI is InChI=1S/C5H12NO.Rf/c1-4-7-5-6(2)3;/h5H,4H2,1-3H3;/q-1;. The van der Waals surface area contributed by atoms with Crippen molar-refractivity contribution in [2.75, 3.05) is 20.7 Å². The van der Waals surface area contributed by atoms with Gasteiger partial charge in [-0.3, -0.25) is 0 Å². The average molecular weight is 369 g/mol. The summed E-state index contributed by atoms with van der Waals surface area (Å²) in [4.78, 5) is 1.86. The summed E-state index contributed by atoms with van der Waals surface area (Å²) in [6.07, 6.45) is 0. The van der Waals surface area contributed by atoms with Gasteiger partial charge in [-0.1, -0.05) is 0 Å². The van der Waals surface area contributed by atoms with E-state index in [-0.39, 0.29) is 0 Å². The van der Waals surface area contributed by atoms with Crippen LogP contribution in [-0.2, 0) is 4.74 Å². The fourth-order valence-corrected chi connectivity index (χ4v) is 0.224. The Morgan fingerprint density at radius 2 is 2.00 bits per heavy atom. The van der Waals surface area contributed by atoms with Gasteiger partial charge in [0.1, 0.15) is 0 Å². The van der Waals surface area contributed by atoms with E-state index in [0.717, 1.165) is 6.61 Å².